The van der Waals surface area contributed by atoms with Crippen molar-refractivity contribution in [1.29, 1.82) is 5.41 Å². The van der Waals surface area contributed by atoms with Crippen molar-refractivity contribution in [3.63, 3.8) is 0 Å². The minimum absolute atomic E-state index is 0.349. The van der Waals surface area contributed by atoms with E-state index in [1.165, 1.54) is 11.8 Å². The number of halogens is 1. The van der Waals surface area contributed by atoms with Gasteiger partial charge in [0.1, 0.15) is 19.0 Å². The quantitative estimate of drug-likeness (QED) is 0.216. The van der Waals surface area contributed by atoms with Crippen LogP contribution in [0.2, 0.25) is 5.02 Å². The molecule has 3 rings (SSSR count). The third-order valence-electron chi connectivity index (χ3n) is 4.65. The third-order valence-corrected chi connectivity index (χ3v) is 4.87. The summed E-state index contributed by atoms with van der Waals surface area (Å²) in [6.45, 7) is 13.0. The summed E-state index contributed by atoms with van der Waals surface area (Å²) >= 11 is 5.79. The summed E-state index contributed by atoms with van der Waals surface area (Å²) in [4.78, 5) is 10.6. The van der Waals surface area contributed by atoms with Gasteiger partial charge in [-0.25, -0.2) is 4.98 Å². The molecule has 0 spiro atoms. The Morgan fingerprint density at radius 1 is 0.972 bits per heavy atom. The van der Waals surface area contributed by atoms with Gasteiger partial charge in [0.05, 0.1) is 5.02 Å². The number of rotatable bonds is 11. The van der Waals surface area contributed by atoms with E-state index in [4.69, 9.17) is 32.2 Å². The standard InChI is InChI=1S/C18H25ClN4O2.C8H9N.C2H6/c1-3-7-23(8-4-2)15-11-16(20)22-18(12-15)25-10-9-24-17-6-5-14(19)13-21-17;1-7-3-2-4-8(5-7)6-9;1-2/h5-6,11-13H,3-4,7-10H2,1-2H3,(H2,20,22);2-6,9H,1H3;1-2H3. The first kappa shape index (κ1) is 30.7. The van der Waals surface area contributed by atoms with Crippen LogP contribution in [0, 0.1) is 12.3 Å². The molecule has 0 amide bonds. The lowest BCUT2D eigenvalue weighted by Gasteiger charge is -2.24. The molecule has 8 heteroatoms. The van der Waals surface area contributed by atoms with Gasteiger partial charge in [0, 0.05) is 49.4 Å². The van der Waals surface area contributed by atoms with Gasteiger partial charge in [-0.3, -0.25) is 0 Å². The Morgan fingerprint density at radius 3 is 2.17 bits per heavy atom. The van der Waals surface area contributed by atoms with Crippen LogP contribution in [-0.4, -0.2) is 42.5 Å². The Balaban J connectivity index is 0.000000491. The molecule has 0 atom stereocenters. The smallest absolute Gasteiger partial charge is 0.217 e. The lowest BCUT2D eigenvalue weighted by molar-refractivity contribution is 0.207. The van der Waals surface area contributed by atoms with Crippen molar-refractivity contribution >= 4 is 29.3 Å². The molecule has 3 N–H and O–H groups in total. The Bertz CT molecular complexity index is 1010. The lowest BCUT2D eigenvalue weighted by Crippen LogP contribution is -2.25. The van der Waals surface area contributed by atoms with Crippen LogP contribution in [0.1, 0.15) is 51.7 Å². The maximum atomic E-state index is 6.92. The van der Waals surface area contributed by atoms with E-state index in [1.54, 1.807) is 18.3 Å². The molecule has 2 heterocycles. The van der Waals surface area contributed by atoms with Gasteiger partial charge < -0.3 is 25.5 Å². The minimum atomic E-state index is 0.349. The first-order valence-corrected chi connectivity index (χ1v) is 12.8. The molecule has 2 aromatic heterocycles. The summed E-state index contributed by atoms with van der Waals surface area (Å²) in [5.41, 5.74) is 9.13. The highest BCUT2D eigenvalue weighted by Crippen LogP contribution is 2.23. The number of hydrogen-bond donors (Lipinski definition) is 2. The van der Waals surface area contributed by atoms with Gasteiger partial charge in [-0.15, -0.1) is 0 Å². The zero-order valence-electron chi connectivity index (χ0n) is 22.1. The molecule has 0 fully saturated rings. The Hall–Kier alpha value is -3.32. The summed E-state index contributed by atoms with van der Waals surface area (Å²) in [5, 5.41) is 7.49. The summed E-state index contributed by atoms with van der Waals surface area (Å²) < 4.78 is 11.2. The molecule has 0 radical (unpaired) electrons. The topological polar surface area (TPSA) is 97.3 Å². The van der Waals surface area contributed by atoms with Crippen LogP contribution in [-0.2, 0) is 0 Å². The number of nitrogens with two attached hydrogens (primary N) is 1. The van der Waals surface area contributed by atoms with Gasteiger partial charge in [0.15, 0.2) is 0 Å². The number of hydrogen-bond acceptors (Lipinski definition) is 7. The van der Waals surface area contributed by atoms with Gasteiger partial charge in [-0.1, -0.05) is 69.1 Å². The van der Waals surface area contributed by atoms with Gasteiger partial charge in [-0.05, 0) is 31.4 Å². The van der Waals surface area contributed by atoms with Crippen LogP contribution in [0.4, 0.5) is 11.5 Å². The molecule has 0 saturated carbocycles. The molecule has 0 aliphatic heterocycles. The van der Waals surface area contributed by atoms with E-state index in [-0.39, 0.29) is 0 Å². The number of aromatic nitrogens is 2. The summed E-state index contributed by atoms with van der Waals surface area (Å²) in [7, 11) is 0. The van der Waals surface area contributed by atoms with E-state index in [1.807, 2.05) is 57.2 Å². The van der Waals surface area contributed by atoms with Crippen LogP contribution in [0.3, 0.4) is 0 Å². The largest absolute Gasteiger partial charge is 0.474 e. The second kappa shape index (κ2) is 18.0. The number of nitrogen functional groups attached to an aromatic ring is 1. The Labute approximate surface area is 221 Å². The van der Waals surface area contributed by atoms with Crippen molar-refractivity contribution in [2.45, 2.75) is 47.5 Å². The van der Waals surface area contributed by atoms with E-state index >= 15 is 0 Å². The van der Waals surface area contributed by atoms with Gasteiger partial charge in [-0.2, -0.15) is 4.98 Å². The maximum absolute atomic E-state index is 6.92. The van der Waals surface area contributed by atoms with Crippen molar-refractivity contribution < 1.29 is 9.47 Å². The van der Waals surface area contributed by atoms with Gasteiger partial charge in [0.2, 0.25) is 11.8 Å². The number of pyridine rings is 2. The first-order chi connectivity index (χ1) is 17.4. The molecule has 0 bridgehead atoms. The predicted octanol–water partition coefficient (Wildman–Crippen LogP) is 6.82. The van der Waals surface area contributed by atoms with Gasteiger partial charge >= 0.3 is 0 Å². The summed E-state index contributed by atoms with van der Waals surface area (Å²) in [6, 6.07) is 15.1. The first-order valence-electron chi connectivity index (χ1n) is 12.4. The molecule has 0 saturated heterocycles. The second-order valence-electron chi connectivity index (χ2n) is 7.65. The number of nitrogens with zero attached hydrogens (tertiary/aromatic N) is 3. The van der Waals surface area contributed by atoms with Crippen molar-refractivity contribution in [3.8, 4) is 11.8 Å². The van der Waals surface area contributed by atoms with Crippen LogP contribution in [0.15, 0.2) is 54.7 Å². The minimum Gasteiger partial charge on any atom is -0.474 e. The predicted molar refractivity (Wildman–Crippen MR) is 152 cm³/mol. The van der Waals surface area contributed by atoms with Crippen LogP contribution >= 0.6 is 11.6 Å². The number of anilines is 2. The van der Waals surface area contributed by atoms with E-state index in [0.29, 0.717) is 35.8 Å². The zero-order valence-corrected chi connectivity index (χ0v) is 22.9. The third kappa shape index (κ3) is 11.9. The van der Waals surface area contributed by atoms with Crippen molar-refractivity contribution in [2.24, 2.45) is 0 Å². The fourth-order valence-corrected chi connectivity index (χ4v) is 3.29. The Kier molecular flexibility index (Phi) is 15.4. The number of aryl methyl sites for hydroxylation is 1. The average molecular weight is 514 g/mol. The monoisotopic (exact) mass is 513 g/mol. The van der Waals surface area contributed by atoms with Crippen molar-refractivity contribution in [3.05, 3.63) is 70.9 Å². The van der Waals surface area contributed by atoms with Crippen molar-refractivity contribution in [1.82, 2.24) is 9.97 Å². The van der Waals surface area contributed by atoms with E-state index in [0.717, 1.165) is 37.2 Å². The fraction of sp³-hybridized carbons (Fsp3) is 0.393. The average Bonchev–Trinajstić information content (AvgIpc) is 2.89. The maximum Gasteiger partial charge on any atom is 0.217 e. The van der Waals surface area contributed by atoms with Gasteiger partial charge in [0.25, 0.3) is 0 Å². The molecule has 1 aromatic carbocycles. The molecule has 0 unspecified atom stereocenters. The van der Waals surface area contributed by atoms with Crippen molar-refractivity contribution in [2.75, 3.05) is 36.9 Å². The second-order valence-corrected chi connectivity index (χ2v) is 8.08. The zero-order chi connectivity index (χ0) is 26.8. The molecule has 0 aliphatic carbocycles. The van der Waals surface area contributed by atoms with Crippen LogP contribution < -0.4 is 20.1 Å². The highest BCUT2D eigenvalue weighted by atomic mass is 35.5. The molecular formula is C28H40ClN5O2. The number of nitrogens with one attached hydrogen (secondary N) is 1. The summed E-state index contributed by atoms with van der Waals surface area (Å²) in [6.07, 6.45) is 5.03. The van der Waals surface area contributed by atoms with E-state index in [2.05, 4.69) is 28.7 Å². The lowest BCUT2D eigenvalue weighted by atomic mass is 10.2. The highest BCUT2D eigenvalue weighted by Gasteiger charge is 2.09. The van der Waals surface area contributed by atoms with Crippen LogP contribution in [0.5, 0.6) is 11.8 Å². The Morgan fingerprint density at radius 2 is 1.64 bits per heavy atom. The summed E-state index contributed by atoms with van der Waals surface area (Å²) in [5.74, 6) is 1.45. The fourth-order valence-electron chi connectivity index (χ4n) is 3.18. The van der Waals surface area contributed by atoms with Crippen LogP contribution in [0.25, 0.3) is 0 Å². The number of benzene rings is 1. The van der Waals surface area contributed by atoms with E-state index in [9.17, 15) is 0 Å². The molecule has 7 nitrogen and oxygen atoms in total. The molecule has 3 aromatic rings. The number of ether oxygens (including phenoxy) is 2. The molecular weight excluding hydrogens is 474 g/mol. The van der Waals surface area contributed by atoms with E-state index < -0.39 is 0 Å². The highest BCUT2D eigenvalue weighted by molar-refractivity contribution is 6.30. The molecule has 0 aliphatic rings. The SMILES string of the molecule is CC.CCCN(CCC)c1cc(N)nc(OCCOc2ccc(Cl)cn2)c1.Cc1cccc(C=N)c1. The normalized spacial score (nSPS) is 9.72. The molecule has 196 valence electrons. The molecule has 36 heavy (non-hydrogen) atoms.